The van der Waals surface area contributed by atoms with E-state index in [4.69, 9.17) is 9.73 Å². The third-order valence-electron chi connectivity index (χ3n) is 4.55. The Morgan fingerprint density at radius 2 is 2.14 bits per heavy atom. The second-order valence-corrected chi connectivity index (χ2v) is 6.62. The van der Waals surface area contributed by atoms with Crippen LogP contribution < -0.4 is 15.4 Å². The number of fused-ring (bicyclic) bond motifs is 1. The minimum Gasteiger partial charge on any atom is -0.488 e. The smallest absolute Gasteiger partial charge is 0.191 e. The fourth-order valence-electron chi connectivity index (χ4n) is 3.19. The second-order valence-electron chi connectivity index (χ2n) is 6.62. The van der Waals surface area contributed by atoms with E-state index in [1.165, 1.54) is 5.56 Å². The van der Waals surface area contributed by atoms with Crippen molar-refractivity contribution in [2.75, 3.05) is 13.1 Å². The van der Waals surface area contributed by atoms with Crippen molar-refractivity contribution in [1.29, 1.82) is 0 Å². The number of hydrogen-bond donors (Lipinski definition) is 2. The number of rotatable bonds is 6. The zero-order valence-electron chi connectivity index (χ0n) is 16.3. The Labute approximate surface area is 187 Å². The van der Waals surface area contributed by atoms with Crippen LogP contribution >= 0.6 is 24.0 Å². The van der Waals surface area contributed by atoms with E-state index in [0.717, 1.165) is 36.1 Å². The molecular weight excluding hydrogens is 479 g/mol. The summed E-state index contributed by atoms with van der Waals surface area (Å²) < 4.78 is 7.87. The molecule has 3 heterocycles. The molecule has 1 unspecified atom stereocenters. The number of benzene rings is 1. The minimum atomic E-state index is 0. The van der Waals surface area contributed by atoms with Gasteiger partial charge in [-0.05, 0) is 36.2 Å². The van der Waals surface area contributed by atoms with Crippen LogP contribution in [0, 0.1) is 0 Å². The van der Waals surface area contributed by atoms with E-state index in [2.05, 4.69) is 39.7 Å². The van der Waals surface area contributed by atoms with Gasteiger partial charge in [-0.15, -0.1) is 24.0 Å². The maximum atomic E-state index is 5.99. The second kappa shape index (κ2) is 10.2. The van der Waals surface area contributed by atoms with Gasteiger partial charge in [0.15, 0.2) is 5.96 Å². The Hall–Kier alpha value is -2.62. The van der Waals surface area contributed by atoms with Crippen LogP contribution in [0.25, 0.3) is 5.82 Å². The van der Waals surface area contributed by atoms with Gasteiger partial charge in [-0.1, -0.05) is 18.2 Å². The number of nitrogens with zero attached hydrogens (tertiary/aromatic N) is 4. The van der Waals surface area contributed by atoms with Crippen molar-refractivity contribution in [3.8, 4) is 11.6 Å². The maximum absolute atomic E-state index is 5.99. The first kappa shape index (κ1) is 21.1. The molecule has 0 bridgehead atoms. The Morgan fingerprint density at radius 3 is 2.93 bits per heavy atom. The topological polar surface area (TPSA) is 76.4 Å². The van der Waals surface area contributed by atoms with Crippen molar-refractivity contribution < 1.29 is 4.74 Å². The van der Waals surface area contributed by atoms with Crippen molar-refractivity contribution in [3.63, 3.8) is 0 Å². The largest absolute Gasteiger partial charge is 0.488 e. The highest BCUT2D eigenvalue weighted by atomic mass is 127. The van der Waals surface area contributed by atoms with Crippen LogP contribution in [0.5, 0.6) is 5.75 Å². The normalized spacial score (nSPS) is 15.2. The predicted octanol–water partition coefficient (Wildman–Crippen LogP) is 2.94. The molecule has 0 amide bonds. The Bertz CT molecular complexity index is 919. The summed E-state index contributed by atoms with van der Waals surface area (Å²) in [5.41, 5.74) is 2.35. The number of ether oxygens (including phenoxy) is 1. The summed E-state index contributed by atoms with van der Waals surface area (Å²) in [4.78, 5) is 13.2. The van der Waals surface area contributed by atoms with Gasteiger partial charge in [-0.3, -0.25) is 4.57 Å². The lowest BCUT2D eigenvalue weighted by Gasteiger charge is -2.15. The van der Waals surface area contributed by atoms with E-state index < -0.39 is 0 Å². The van der Waals surface area contributed by atoms with Crippen molar-refractivity contribution in [3.05, 3.63) is 72.4 Å². The third kappa shape index (κ3) is 5.47. The lowest BCUT2D eigenvalue weighted by atomic mass is 10.1. The van der Waals surface area contributed by atoms with Crippen LogP contribution in [-0.2, 0) is 13.0 Å². The molecule has 0 spiro atoms. The molecular formula is C21H25IN6O. The van der Waals surface area contributed by atoms with E-state index in [-0.39, 0.29) is 30.1 Å². The highest BCUT2D eigenvalue weighted by Crippen LogP contribution is 2.27. The number of imidazole rings is 1. The van der Waals surface area contributed by atoms with Crippen LogP contribution in [0.15, 0.2) is 66.3 Å². The number of nitrogens with one attached hydrogen (secondary N) is 2. The van der Waals surface area contributed by atoms with Crippen LogP contribution in [0.4, 0.5) is 0 Å². The first-order valence-corrected chi connectivity index (χ1v) is 9.52. The quantitative estimate of drug-likeness (QED) is 0.307. The van der Waals surface area contributed by atoms with Gasteiger partial charge in [0.25, 0.3) is 0 Å². The van der Waals surface area contributed by atoms with Gasteiger partial charge in [0.2, 0.25) is 0 Å². The van der Waals surface area contributed by atoms with Gasteiger partial charge in [-0.25, -0.2) is 15.0 Å². The monoisotopic (exact) mass is 504 g/mol. The first-order chi connectivity index (χ1) is 13.8. The third-order valence-corrected chi connectivity index (χ3v) is 4.55. The van der Waals surface area contributed by atoms with Crippen LogP contribution in [0.2, 0.25) is 0 Å². The van der Waals surface area contributed by atoms with E-state index in [1.807, 2.05) is 35.0 Å². The molecule has 1 aliphatic heterocycles. The Morgan fingerprint density at radius 1 is 1.24 bits per heavy atom. The molecule has 3 aromatic rings. The van der Waals surface area contributed by atoms with E-state index in [1.54, 1.807) is 18.7 Å². The summed E-state index contributed by atoms with van der Waals surface area (Å²) in [5.74, 6) is 2.60. The van der Waals surface area contributed by atoms with Crippen molar-refractivity contribution in [2.24, 2.45) is 4.99 Å². The van der Waals surface area contributed by atoms with Gasteiger partial charge in [0.1, 0.15) is 24.0 Å². The number of hydrogen-bond acceptors (Lipinski definition) is 4. The number of aromatic nitrogens is 3. The molecule has 2 aromatic heterocycles. The number of halogens is 1. The standard InChI is InChI=1S/C21H24N6O.HI/c1-2-23-21(26-14-18-12-17-5-3-4-6-19(17)28-18)25-13-16-7-8-24-20(11-16)27-10-9-22-15-27;/h3-11,15,18H,2,12-14H2,1H3,(H2,23,25,26);1H. The molecule has 0 aliphatic carbocycles. The van der Waals surface area contributed by atoms with Gasteiger partial charge in [0, 0.05) is 31.6 Å². The molecule has 2 N–H and O–H groups in total. The van der Waals surface area contributed by atoms with Gasteiger partial charge >= 0.3 is 0 Å². The fraction of sp³-hybridized carbons (Fsp3) is 0.286. The molecule has 1 aliphatic rings. The first-order valence-electron chi connectivity index (χ1n) is 9.52. The number of pyridine rings is 1. The summed E-state index contributed by atoms with van der Waals surface area (Å²) in [7, 11) is 0. The molecule has 0 saturated heterocycles. The lowest BCUT2D eigenvalue weighted by Crippen LogP contribution is -2.42. The number of para-hydroxylation sites is 1. The molecule has 1 aromatic carbocycles. The van der Waals surface area contributed by atoms with Gasteiger partial charge in [0.05, 0.1) is 13.1 Å². The van der Waals surface area contributed by atoms with Crippen LogP contribution in [-0.4, -0.2) is 39.7 Å². The molecule has 0 fully saturated rings. The number of aliphatic imine (C=N–C) groups is 1. The maximum Gasteiger partial charge on any atom is 0.191 e. The highest BCUT2D eigenvalue weighted by molar-refractivity contribution is 14.0. The van der Waals surface area contributed by atoms with Crippen molar-refractivity contribution in [1.82, 2.24) is 25.2 Å². The summed E-state index contributed by atoms with van der Waals surface area (Å²) in [6.45, 7) is 4.12. The van der Waals surface area contributed by atoms with Gasteiger partial charge in [-0.2, -0.15) is 0 Å². The molecule has 7 nitrogen and oxygen atoms in total. The summed E-state index contributed by atoms with van der Waals surface area (Å²) >= 11 is 0. The van der Waals surface area contributed by atoms with Crippen LogP contribution in [0.1, 0.15) is 18.1 Å². The highest BCUT2D eigenvalue weighted by Gasteiger charge is 2.22. The molecule has 152 valence electrons. The molecule has 1 atom stereocenters. The summed E-state index contributed by atoms with van der Waals surface area (Å²) in [6.07, 6.45) is 8.19. The zero-order valence-corrected chi connectivity index (χ0v) is 18.6. The van der Waals surface area contributed by atoms with Crippen molar-refractivity contribution in [2.45, 2.75) is 26.0 Å². The fourth-order valence-corrected chi connectivity index (χ4v) is 3.19. The van der Waals surface area contributed by atoms with E-state index >= 15 is 0 Å². The molecule has 4 rings (SSSR count). The van der Waals surface area contributed by atoms with Gasteiger partial charge < -0.3 is 15.4 Å². The molecule has 29 heavy (non-hydrogen) atoms. The predicted molar refractivity (Wildman–Crippen MR) is 124 cm³/mol. The summed E-state index contributed by atoms with van der Waals surface area (Å²) in [6, 6.07) is 12.2. The Balaban J connectivity index is 0.00000240. The minimum absolute atomic E-state index is 0. The van der Waals surface area contributed by atoms with Crippen LogP contribution in [0.3, 0.4) is 0 Å². The Kier molecular flexibility index (Phi) is 7.45. The molecule has 0 radical (unpaired) electrons. The molecule has 0 saturated carbocycles. The van der Waals surface area contributed by atoms with E-state index in [0.29, 0.717) is 13.1 Å². The lowest BCUT2D eigenvalue weighted by molar-refractivity contribution is 0.235. The average molecular weight is 504 g/mol. The zero-order chi connectivity index (χ0) is 19.2. The summed E-state index contributed by atoms with van der Waals surface area (Å²) in [5, 5.41) is 6.69. The van der Waals surface area contributed by atoms with E-state index in [9.17, 15) is 0 Å². The van der Waals surface area contributed by atoms with Crippen molar-refractivity contribution >= 4 is 29.9 Å². The molecule has 8 heteroatoms. The SMILES string of the molecule is CCNC(=NCc1ccnc(-n2ccnc2)c1)NCC1Cc2ccccc2O1.I. The average Bonchev–Trinajstić information content (AvgIpc) is 3.40. The number of guanidine groups is 1.